The highest BCUT2D eigenvalue weighted by atomic mass is 16.3. The number of hydrogen-bond acceptors (Lipinski definition) is 2. The number of fused-ring (bicyclic) bond motifs is 4. The first-order chi connectivity index (χ1) is 11.0. The van der Waals surface area contributed by atoms with E-state index in [4.69, 9.17) is 0 Å². The molecule has 0 amide bonds. The zero-order chi connectivity index (χ0) is 16.2. The number of hydrogen-bond donors (Lipinski definition) is 1. The Morgan fingerprint density at radius 2 is 1.96 bits per heavy atom. The molecule has 2 heteroatoms. The molecule has 5 atom stereocenters. The van der Waals surface area contributed by atoms with E-state index in [2.05, 4.69) is 18.8 Å². The van der Waals surface area contributed by atoms with Crippen LogP contribution in [-0.4, -0.2) is 16.5 Å². The van der Waals surface area contributed by atoms with Gasteiger partial charge in [-0.25, -0.2) is 0 Å². The van der Waals surface area contributed by atoms with Crippen LogP contribution < -0.4 is 0 Å². The van der Waals surface area contributed by atoms with Crippen LogP contribution in [0.15, 0.2) is 11.1 Å². The number of rotatable bonds is 0. The highest BCUT2D eigenvalue weighted by Crippen LogP contribution is 2.64. The highest BCUT2D eigenvalue weighted by Gasteiger charge is 2.61. The highest BCUT2D eigenvalue weighted by molar-refractivity contribution is 5.82. The topological polar surface area (TPSA) is 37.3 Å². The molecule has 0 spiro atoms. The van der Waals surface area contributed by atoms with Crippen LogP contribution in [0, 0.1) is 35.0 Å². The lowest BCUT2D eigenvalue weighted by atomic mass is 9.52. The maximum atomic E-state index is 11.8. The van der Waals surface area contributed by atoms with Crippen LogP contribution in [-0.2, 0) is 4.79 Å². The summed E-state index contributed by atoms with van der Waals surface area (Å²) in [6.07, 6.45) is 9.04. The molecule has 23 heavy (non-hydrogen) atoms. The Morgan fingerprint density at radius 1 is 1.13 bits per heavy atom. The molecule has 2 fully saturated rings. The van der Waals surface area contributed by atoms with Crippen LogP contribution in [0.4, 0.5) is 0 Å². The largest absolute Gasteiger partial charge is 0.377 e. The Morgan fingerprint density at radius 3 is 2.74 bits per heavy atom. The van der Waals surface area contributed by atoms with E-state index in [0.29, 0.717) is 23.5 Å². The fourth-order valence-corrected chi connectivity index (χ4v) is 6.48. The molecule has 0 aromatic carbocycles. The Kier molecular flexibility index (Phi) is 3.50. The van der Waals surface area contributed by atoms with Gasteiger partial charge in [0, 0.05) is 18.3 Å². The first-order valence-electron chi connectivity index (χ1n) is 9.37. The molecule has 4 aliphatic carbocycles. The molecule has 0 aliphatic heterocycles. The number of Topliss-reactive ketones (excluding diaryl/α,β-unsaturated/α-hetero) is 1. The van der Waals surface area contributed by atoms with Gasteiger partial charge in [-0.2, -0.15) is 0 Å². The maximum Gasteiger partial charge on any atom is 0.137 e. The first-order valence-corrected chi connectivity index (χ1v) is 9.37. The molecule has 2 saturated carbocycles. The lowest BCUT2D eigenvalue weighted by Gasteiger charge is -2.53. The molecule has 0 aromatic rings. The second-order valence-electron chi connectivity index (χ2n) is 8.49. The summed E-state index contributed by atoms with van der Waals surface area (Å²) in [5.41, 5.74) is 2.29. The molecule has 0 radical (unpaired) electrons. The Bertz CT molecular complexity index is 634. The van der Waals surface area contributed by atoms with Crippen molar-refractivity contribution in [3.63, 3.8) is 0 Å². The van der Waals surface area contributed by atoms with Gasteiger partial charge >= 0.3 is 0 Å². The molecule has 0 bridgehead atoms. The summed E-state index contributed by atoms with van der Waals surface area (Å²) in [7, 11) is 0. The SMILES string of the molecule is CC#C[C@]1(O)CCC2C3CCC4=C(CCC(=O)C4)C3CC[C@@]21C. The summed E-state index contributed by atoms with van der Waals surface area (Å²) >= 11 is 0. The normalized spacial score (nSPS) is 45.7. The minimum Gasteiger partial charge on any atom is -0.377 e. The zero-order valence-electron chi connectivity index (χ0n) is 14.5. The maximum absolute atomic E-state index is 11.8. The van der Waals surface area contributed by atoms with Crippen molar-refractivity contribution in [2.24, 2.45) is 23.2 Å². The quantitative estimate of drug-likeness (QED) is 0.542. The summed E-state index contributed by atoms with van der Waals surface area (Å²) in [5, 5.41) is 11.2. The zero-order valence-corrected chi connectivity index (χ0v) is 14.5. The van der Waals surface area contributed by atoms with Gasteiger partial charge in [0.2, 0.25) is 0 Å². The molecule has 0 saturated heterocycles. The average molecular weight is 312 g/mol. The van der Waals surface area contributed by atoms with Gasteiger partial charge in [-0.05, 0) is 69.6 Å². The summed E-state index contributed by atoms with van der Waals surface area (Å²) in [6.45, 7) is 4.14. The summed E-state index contributed by atoms with van der Waals surface area (Å²) in [5.74, 6) is 8.57. The van der Waals surface area contributed by atoms with E-state index in [-0.39, 0.29) is 5.41 Å². The summed E-state index contributed by atoms with van der Waals surface area (Å²) < 4.78 is 0. The van der Waals surface area contributed by atoms with E-state index in [1.165, 1.54) is 18.4 Å². The van der Waals surface area contributed by atoms with Gasteiger partial charge in [0.1, 0.15) is 11.4 Å². The molecule has 3 unspecified atom stereocenters. The molecule has 0 heterocycles. The monoisotopic (exact) mass is 312 g/mol. The molecular formula is C21H28O2. The molecule has 4 aliphatic rings. The van der Waals surface area contributed by atoms with Crippen molar-refractivity contribution in [1.29, 1.82) is 0 Å². The Balaban J connectivity index is 1.66. The van der Waals surface area contributed by atoms with Crippen LogP contribution in [0.5, 0.6) is 0 Å². The first kappa shape index (κ1) is 15.5. The van der Waals surface area contributed by atoms with Crippen molar-refractivity contribution in [3.05, 3.63) is 11.1 Å². The number of allylic oxidation sites excluding steroid dienone is 2. The van der Waals surface area contributed by atoms with E-state index in [1.54, 1.807) is 5.57 Å². The fraction of sp³-hybridized carbons (Fsp3) is 0.762. The third-order valence-electron chi connectivity index (χ3n) is 7.69. The average Bonchev–Trinajstić information content (AvgIpc) is 2.79. The van der Waals surface area contributed by atoms with Gasteiger partial charge in [0.05, 0.1) is 0 Å². The minimum absolute atomic E-state index is 0.0419. The van der Waals surface area contributed by atoms with Crippen molar-refractivity contribution in [3.8, 4) is 11.8 Å². The standard InChI is InChI=1S/C21H28O2/c1-3-10-21(23)12-9-19-18-6-4-14-13-15(22)5-7-16(14)17(18)8-11-20(19,21)2/h17-19,23H,4-9,11-13H2,1-2H3/t17?,18?,19?,20-,21-/m0/s1. The van der Waals surface area contributed by atoms with Crippen molar-refractivity contribution >= 4 is 5.78 Å². The molecule has 4 rings (SSSR count). The Hall–Kier alpha value is -1.07. The van der Waals surface area contributed by atoms with E-state index in [9.17, 15) is 9.90 Å². The fourth-order valence-electron chi connectivity index (χ4n) is 6.48. The predicted molar refractivity (Wildman–Crippen MR) is 90.6 cm³/mol. The summed E-state index contributed by atoms with van der Waals surface area (Å²) in [4.78, 5) is 11.8. The lowest BCUT2D eigenvalue weighted by Crippen LogP contribution is -2.51. The smallest absolute Gasteiger partial charge is 0.137 e. The van der Waals surface area contributed by atoms with Crippen molar-refractivity contribution in [1.82, 2.24) is 0 Å². The van der Waals surface area contributed by atoms with Crippen LogP contribution >= 0.6 is 0 Å². The van der Waals surface area contributed by atoms with Gasteiger partial charge in [-0.1, -0.05) is 24.0 Å². The molecule has 0 aromatic heterocycles. The van der Waals surface area contributed by atoms with E-state index in [0.717, 1.165) is 44.9 Å². The van der Waals surface area contributed by atoms with Crippen LogP contribution in [0.3, 0.4) is 0 Å². The number of carbonyl (C=O) groups is 1. The van der Waals surface area contributed by atoms with Crippen molar-refractivity contribution in [2.75, 3.05) is 0 Å². The third kappa shape index (κ3) is 2.09. The number of ketones is 1. The van der Waals surface area contributed by atoms with Crippen LogP contribution in [0.25, 0.3) is 0 Å². The van der Waals surface area contributed by atoms with Gasteiger partial charge in [-0.15, -0.1) is 5.92 Å². The summed E-state index contributed by atoms with van der Waals surface area (Å²) in [6, 6.07) is 0. The molecule has 2 nitrogen and oxygen atoms in total. The molecule has 1 N–H and O–H groups in total. The molecule has 124 valence electrons. The van der Waals surface area contributed by atoms with E-state index < -0.39 is 5.60 Å². The van der Waals surface area contributed by atoms with Crippen molar-refractivity contribution in [2.45, 2.75) is 77.2 Å². The molecular weight excluding hydrogens is 284 g/mol. The second kappa shape index (κ2) is 5.21. The van der Waals surface area contributed by atoms with Crippen LogP contribution in [0.2, 0.25) is 0 Å². The number of aliphatic hydroxyl groups is 1. The van der Waals surface area contributed by atoms with E-state index in [1.807, 2.05) is 6.92 Å². The van der Waals surface area contributed by atoms with Crippen LogP contribution in [0.1, 0.15) is 71.6 Å². The Labute approximate surface area is 139 Å². The minimum atomic E-state index is -0.783. The van der Waals surface area contributed by atoms with Crippen molar-refractivity contribution < 1.29 is 9.90 Å². The second-order valence-corrected chi connectivity index (χ2v) is 8.49. The van der Waals surface area contributed by atoms with E-state index >= 15 is 0 Å². The predicted octanol–water partition coefficient (Wildman–Crippen LogP) is 4.03. The third-order valence-corrected chi connectivity index (χ3v) is 7.69. The van der Waals surface area contributed by atoms with Gasteiger partial charge in [-0.3, -0.25) is 4.79 Å². The number of carbonyl (C=O) groups excluding carboxylic acids is 1. The van der Waals surface area contributed by atoms with Gasteiger partial charge in [0.25, 0.3) is 0 Å². The van der Waals surface area contributed by atoms with Gasteiger partial charge < -0.3 is 5.11 Å². The lowest BCUT2D eigenvalue weighted by molar-refractivity contribution is -0.119. The van der Waals surface area contributed by atoms with Gasteiger partial charge in [0.15, 0.2) is 0 Å².